The summed E-state index contributed by atoms with van der Waals surface area (Å²) in [5.41, 5.74) is 2.78. The summed E-state index contributed by atoms with van der Waals surface area (Å²) in [5.74, 6) is -0.252. The van der Waals surface area contributed by atoms with Gasteiger partial charge in [0.15, 0.2) is 0 Å². The van der Waals surface area contributed by atoms with Crippen LogP contribution in [0.1, 0.15) is 27.9 Å². The number of H-pyrrole nitrogens is 1. The normalized spacial score (nSPS) is 17.9. The minimum atomic E-state index is -0.252. The Labute approximate surface area is 128 Å². The lowest BCUT2D eigenvalue weighted by atomic mass is 10.0. The largest absolute Gasteiger partial charge is 0.379 e. The molecule has 0 radical (unpaired) electrons. The van der Waals surface area contributed by atoms with Crippen LogP contribution in [0.5, 0.6) is 0 Å². The summed E-state index contributed by atoms with van der Waals surface area (Å²) >= 11 is 0. The van der Waals surface area contributed by atoms with E-state index in [0.29, 0.717) is 18.6 Å². The van der Waals surface area contributed by atoms with Gasteiger partial charge in [-0.25, -0.2) is 0 Å². The molecule has 116 valence electrons. The van der Waals surface area contributed by atoms with E-state index in [1.165, 1.54) is 6.20 Å². The van der Waals surface area contributed by atoms with Crippen LogP contribution < -0.4 is 5.43 Å². The van der Waals surface area contributed by atoms with E-state index in [0.717, 1.165) is 23.1 Å². The number of rotatable bonds is 2. The minimum absolute atomic E-state index is 0.0434. The van der Waals surface area contributed by atoms with Crippen molar-refractivity contribution in [2.75, 3.05) is 20.3 Å². The second-order valence-electron chi connectivity index (χ2n) is 5.97. The molecular weight excluding hydrogens is 280 g/mol. The summed E-state index contributed by atoms with van der Waals surface area (Å²) in [4.78, 5) is 30.0. The van der Waals surface area contributed by atoms with Gasteiger partial charge in [-0.05, 0) is 37.5 Å². The van der Waals surface area contributed by atoms with E-state index < -0.39 is 0 Å². The first-order chi connectivity index (χ1) is 10.5. The molecule has 3 rings (SSSR count). The Hall–Kier alpha value is -2.14. The van der Waals surface area contributed by atoms with Crippen molar-refractivity contribution in [3.8, 4) is 0 Å². The molecule has 2 heterocycles. The maximum absolute atomic E-state index is 12.7. The Kier molecular flexibility index (Phi) is 3.74. The van der Waals surface area contributed by atoms with Gasteiger partial charge in [-0.3, -0.25) is 9.59 Å². The van der Waals surface area contributed by atoms with Crippen molar-refractivity contribution in [2.24, 2.45) is 0 Å². The van der Waals surface area contributed by atoms with E-state index in [-0.39, 0.29) is 22.9 Å². The average Bonchev–Trinajstić information content (AvgIpc) is 3.01. The molecule has 1 aromatic carbocycles. The van der Waals surface area contributed by atoms with Gasteiger partial charge in [-0.15, -0.1) is 0 Å². The van der Waals surface area contributed by atoms with Gasteiger partial charge >= 0.3 is 0 Å². The standard InChI is InChI=1S/C17H20N2O3/c1-10-6-11(2)15-13(7-10)16(20)14(8-18-15)17(21)19(3)12-4-5-22-9-12/h6-8,12H,4-5,9H2,1-3H3,(H,18,20)/t12-/m0/s1. The number of fused-ring (bicyclic) bond motifs is 1. The molecule has 2 aromatic rings. The van der Waals surface area contributed by atoms with Gasteiger partial charge in [0.2, 0.25) is 5.43 Å². The average molecular weight is 300 g/mol. The van der Waals surface area contributed by atoms with Crippen LogP contribution >= 0.6 is 0 Å². The van der Waals surface area contributed by atoms with Crippen molar-refractivity contribution >= 4 is 16.8 Å². The number of carbonyl (C=O) groups excluding carboxylic acids is 1. The number of aryl methyl sites for hydroxylation is 2. The molecule has 1 aromatic heterocycles. The second-order valence-corrected chi connectivity index (χ2v) is 5.97. The van der Waals surface area contributed by atoms with Crippen LogP contribution in [0.3, 0.4) is 0 Å². The molecule has 1 N–H and O–H groups in total. The van der Waals surface area contributed by atoms with E-state index >= 15 is 0 Å². The molecule has 0 spiro atoms. The SMILES string of the molecule is Cc1cc(C)c2[nH]cc(C(=O)N(C)[C@H]3CCOC3)c(=O)c2c1. The number of benzene rings is 1. The molecule has 1 fully saturated rings. The Morgan fingerprint density at radius 2 is 2.14 bits per heavy atom. The Balaban J connectivity index is 2.06. The molecule has 0 aliphatic carbocycles. The maximum atomic E-state index is 12.7. The van der Waals surface area contributed by atoms with E-state index in [1.807, 2.05) is 26.0 Å². The zero-order chi connectivity index (χ0) is 15.9. The van der Waals surface area contributed by atoms with Crippen molar-refractivity contribution in [1.82, 2.24) is 9.88 Å². The maximum Gasteiger partial charge on any atom is 0.259 e. The highest BCUT2D eigenvalue weighted by molar-refractivity contribution is 5.97. The highest BCUT2D eigenvalue weighted by Crippen LogP contribution is 2.17. The van der Waals surface area contributed by atoms with E-state index in [4.69, 9.17) is 4.74 Å². The highest BCUT2D eigenvalue weighted by atomic mass is 16.5. The quantitative estimate of drug-likeness (QED) is 0.923. The molecule has 1 saturated heterocycles. The van der Waals surface area contributed by atoms with Crippen molar-refractivity contribution in [3.05, 3.63) is 45.2 Å². The number of amides is 1. The van der Waals surface area contributed by atoms with Crippen LogP contribution in [0.15, 0.2) is 23.1 Å². The molecule has 1 amide bonds. The van der Waals surface area contributed by atoms with Gasteiger partial charge in [0.05, 0.1) is 18.2 Å². The predicted molar refractivity (Wildman–Crippen MR) is 85.4 cm³/mol. The van der Waals surface area contributed by atoms with E-state index in [9.17, 15) is 9.59 Å². The molecule has 0 unspecified atom stereocenters. The zero-order valence-electron chi connectivity index (χ0n) is 13.1. The van der Waals surface area contributed by atoms with Crippen molar-refractivity contribution < 1.29 is 9.53 Å². The summed E-state index contributed by atoms with van der Waals surface area (Å²) in [7, 11) is 1.73. The molecule has 0 bridgehead atoms. The fraction of sp³-hybridized carbons (Fsp3) is 0.412. The summed E-state index contributed by atoms with van der Waals surface area (Å²) in [6, 6.07) is 3.89. The number of nitrogens with one attached hydrogen (secondary N) is 1. The lowest BCUT2D eigenvalue weighted by Gasteiger charge is -2.23. The number of nitrogens with zero attached hydrogens (tertiary/aromatic N) is 1. The van der Waals surface area contributed by atoms with Gasteiger partial charge < -0.3 is 14.6 Å². The van der Waals surface area contributed by atoms with E-state index in [2.05, 4.69) is 4.98 Å². The second kappa shape index (κ2) is 5.57. The lowest BCUT2D eigenvalue weighted by molar-refractivity contribution is 0.0710. The number of aromatic amines is 1. The van der Waals surface area contributed by atoms with Crippen LogP contribution in [-0.4, -0.2) is 42.1 Å². The number of likely N-dealkylation sites (N-methyl/N-ethyl adjacent to an activating group) is 1. The third-order valence-electron chi connectivity index (χ3n) is 4.33. The molecule has 1 aliphatic heterocycles. The highest BCUT2D eigenvalue weighted by Gasteiger charge is 2.26. The Bertz CT molecular complexity index is 788. The number of hydrogen-bond donors (Lipinski definition) is 1. The van der Waals surface area contributed by atoms with Gasteiger partial charge in [-0.2, -0.15) is 0 Å². The first kappa shape index (κ1) is 14.8. The Morgan fingerprint density at radius 1 is 1.36 bits per heavy atom. The topological polar surface area (TPSA) is 62.4 Å². The summed E-state index contributed by atoms with van der Waals surface area (Å²) in [6.45, 7) is 5.10. The molecule has 5 heteroatoms. The number of carbonyl (C=O) groups is 1. The van der Waals surface area contributed by atoms with Crippen LogP contribution in [-0.2, 0) is 4.74 Å². The molecule has 5 nitrogen and oxygen atoms in total. The predicted octanol–water partition coefficient (Wildman–Crippen LogP) is 2.01. The van der Waals surface area contributed by atoms with Gasteiger partial charge in [0.1, 0.15) is 5.56 Å². The van der Waals surface area contributed by atoms with Gasteiger partial charge in [0, 0.05) is 25.2 Å². The minimum Gasteiger partial charge on any atom is -0.379 e. The van der Waals surface area contributed by atoms with Crippen LogP contribution in [0.4, 0.5) is 0 Å². The van der Waals surface area contributed by atoms with Crippen LogP contribution in [0.25, 0.3) is 10.9 Å². The van der Waals surface area contributed by atoms with Crippen molar-refractivity contribution in [2.45, 2.75) is 26.3 Å². The zero-order valence-corrected chi connectivity index (χ0v) is 13.1. The molecule has 1 atom stereocenters. The van der Waals surface area contributed by atoms with Crippen molar-refractivity contribution in [3.63, 3.8) is 0 Å². The molecule has 22 heavy (non-hydrogen) atoms. The van der Waals surface area contributed by atoms with Gasteiger partial charge in [0.25, 0.3) is 5.91 Å². The number of ether oxygens (including phenoxy) is 1. The van der Waals surface area contributed by atoms with Crippen LogP contribution in [0, 0.1) is 13.8 Å². The monoisotopic (exact) mass is 300 g/mol. The third-order valence-corrected chi connectivity index (χ3v) is 4.33. The fourth-order valence-electron chi connectivity index (χ4n) is 3.04. The molecule has 1 aliphatic rings. The number of pyridine rings is 1. The van der Waals surface area contributed by atoms with Gasteiger partial charge in [-0.1, -0.05) is 6.07 Å². The molecular formula is C17H20N2O3. The molecule has 0 saturated carbocycles. The first-order valence-electron chi connectivity index (χ1n) is 7.46. The Morgan fingerprint density at radius 3 is 2.82 bits per heavy atom. The fourth-order valence-corrected chi connectivity index (χ4v) is 3.04. The van der Waals surface area contributed by atoms with E-state index in [1.54, 1.807) is 11.9 Å². The lowest BCUT2D eigenvalue weighted by Crippen LogP contribution is -2.39. The number of aromatic nitrogens is 1. The third kappa shape index (κ3) is 2.41. The summed E-state index contributed by atoms with van der Waals surface area (Å²) in [6.07, 6.45) is 2.34. The summed E-state index contributed by atoms with van der Waals surface area (Å²) < 4.78 is 5.32. The first-order valence-corrected chi connectivity index (χ1v) is 7.46. The smallest absolute Gasteiger partial charge is 0.259 e. The summed E-state index contributed by atoms with van der Waals surface area (Å²) in [5, 5.41) is 0.569. The van der Waals surface area contributed by atoms with Crippen molar-refractivity contribution in [1.29, 1.82) is 0 Å². The van der Waals surface area contributed by atoms with Crippen LogP contribution in [0.2, 0.25) is 0 Å². The number of hydrogen-bond acceptors (Lipinski definition) is 3.